The van der Waals surface area contributed by atoms with E-state index in [0.29, 0.717) is 17.8 Å². The molecular formula is C30H33Cl2F3N4O4. The lowest BCUT2D eigenvalue weighted by Gasteiger charge is -2.57. The maximum atomic E-state index is 14.6. The minimum absolute atomic E-state index is 0.000433. The number of carbonyl (C=O) groups excluding carboxylic acids is 2. The number of nitrogens with zero attached hydrogens (tertiary/aromatic N) is 4. The summed E-state index contributed by atoms with van der Waals surface area (Å²) in [6, 6.07) is -0.693. The minimum atomic E-state index is -4.90. The van der Waals surface area contributed by atoms with Crippen molar-refractivity contribution < 1.29 is 32.7 Å². The van der Waals surface area contributed by atoms with E-state index in [9.17, 15) is 32.7 Å². The lowest BCUT2D eigenvalue weighted by molar-refractivity contribution is -0.147. The van der Waals surface area contributed by atoms with Crippen LogP contribution in [0.25, 0.3) is 0 Å². The summed E-state index contributed by atoms with van der Waals surface area (Å²) in [4.78, 5) is 44.2. The number of aliphatic carboxylic acids is 1. The van der Waals surface area contributed by atoms with Crippen LogP contribution in [0.2, 0.25) is 10.0 Å². The molecule has 0 saturated heterocycles. The third kappa shape index (κ3) is 5.91. The van der Waals surface area contributed by atoms with Gasteiger partial charge in [0.15, 0.2) is 11.5 Å². The van der Waals surface area contributed by atoms with Gasteiger partial charge in [-0.2, -0.15) is 18.3 Å². The highest BCUT2D eigenvalue weighted by Crippen LogP contribution is 2.60. The van der Waals surface area contributed by atoms with Gasteiger partial charge in [0.05, 0.1) is 45.9 Å². The Morgan fingerprint density at radius 3 is 2.02 bits per heavy atom. The van der Waals surface area contributed by atoms with E-state index >= 15 is 0 Å². The van der Waals surface area contributed by atoms with Gasteiger partial charge in [-0.05, 0) is 87.4 Å². The first-order valence-corrected chi connectivity index (χ1v) is 15.6. The molecule has 4 bridgehead atoms. The number of carboxylic acid groups (broad SMARTS) is 1. The topological polar surface area (TPSA) is 105 Å². The van der Waals surface area contributed by atoms with E-state index < -0.39 is 53.6 Å². The summed E-state index contributed by atoms with van der Waals surface area (Å²) >= 11 is 12.5. The van der Waals surface area contributed by atoms with Crippen LogP contribution in [0.4, 0.5) is 13.2 Å². The maximum Gasteiger partial charge on any atom is 0.433 e. The molecular weight excluding hydrogens is 608 g/mol. The van der Waals surface area contributed by atoms with Crippen LogP contribution in [0.1, 0.15) is 96.7 Å². The van der Waals surface area contributed by atoms with E-state index in [2.05, 4.69) is 10.1 Å². The van der Waals surface area contributed by atoms with Crippen molar-refractivity contribution in [1.29, 1.82) is 0 Å². The molecule has 0 atom stereocenters. The minimum Gasteiger partial charge on any atom is -0.481 e. The Morgan fingerprint density at radius 2 is 1.51 bits per heavy atom. The third-order valence-corrected chi connectivity index (χ3v) is 10.7. The first kappa shape index (κ1) is 30.4. The maximum absolute atomic E-state index is 14.6. The molecule has 7 rings (SSSR count). The van der Waals surface area contributed by atoms with Crippen LogP contribution < -0.4 is 0 Å². The van der Waals surface area contributed by atoms with Crippen LogP contribution in [-0.2, 0) is 11.0 Å². The number of pyridine rings is 1. The van der Waals surface area contributed by atoms with Crippen molar-refractivity contribution in [2.24, 2.45) is 29.1 Å². The van der Waals surface area contributed by atoms with Crippen molar-refractivity contribution >= 4 is 40.9 Å². The molecule has 0 aliphatic heterocycles. The van der Waals surface area contributed by atoms with Crippen molar-refractivity contribution in [2.75, 3.05) is 13.1 Å². The number of amides is 1. The van der Waals surface area contributed by atoms with Gasteiger partial charge in [0.1, 0.15) is 0 Å². The number of Topliss-reactive ketones (excluding diaryl/α,β-unsaturated/α-hetero) is 1. The Kier molecular flexibility index (Phi) is 8.03. The van der Waals surface area contributed by atoms with Crippen molar-refractivity contribution in [3.8, 4) is 0 Å². The summed E-state index contributed by atoms with van der Waals surface area (Å²) < 4.78 is 44.8. The molecule has 0 aromatic carbocycles. The number of halogens is 5. The second kappa shape index (κ2) is 11.4. The molecule has 8 nitrogen and oxygen atoms in total. The quantitative estimate of drug-likeness (QED) is 0.313. The van der Waals surface area contributed by atoms with Crippen LogP contribution in [0.3, 0.4) is 0 Å². The van der Waals surface area contributed by atoms with Gasteiger partial charge < -0.3 is 10.0 Å². The average molecular weight is 642 g/mol. The van der Waals surface area contributed by atoms with E-state index in [-0.39, 0.29) is 53.3 Å². The van der Waals surface area contributed by atoms with Gasteiger partial charge in [0.25, 0.3) is 5.91 Å². The van der Waals surface area contributed by atoms with E-state index in [1.54, 1.807) is 0 Å². The molecule has 0 spiro atoms. The standard InChI is InChI=1S/C30H33Cl2F3N4O4/c31-22-12-36-13-23(32)25(22)24(40)14-38(15-29-8-16-5-17(9-29)7-18(6-16)10-29)27(41)21-11-37-39(26(21)30(33,34)35)20-3-1-19(2-4-20)28(42)43/h11-13,16-20H,1-10,14-15H2,(H,42,43). The van der Waals surface area contributed by atoms with Gasteiger partial charge in [-0.25, -0.2) is 0 Å². The molecule has 2 aromatic heterocycles. The fourth-order valence-corrected chi connectivity index (χ4v) is 9.41. The zero-order valence-corrected chi connectivity index (χ0v) is 25.0. The average Bonchev–Trinajstić information content (AvgIpc) is 3.37. The zero-order chi connectivity index (χ0) is 30.7. The normalized spacial score (nSPS) is 29.9. The summed E-state index contributed by atoms with van der Waals surface area (Å²) in [5.41, 5.74) is -2.07. The summed E-state index contributed by atoms with van der Waals surface area (Å²) in [7, 11) is 0. The van der Waals surface area contributed by atoms with Gasteiger partial charge in [-0.3, -0.25) is 24.0 Å². The molecule has 0 radical (unpaired) electrons. The zero-order valence-electron chi connectivity index (χ0n) is 23.5. The first-order valence-electron chi connectivity index (χ1n) is 14.8. The molecule has 232 valence electrons. The number of ketones is 1. The highest BCUT2D eigenvalue weighted by atomic mass is 35.5. The Balaban J connectivity index is 1.34. The second-order valence-electron chi connectivity index (χ2n) is 13.2. The van der Waals surface area contributed by atoms with Crippen molar-refractivity contribution in [1.82, 2.24) is 19.7 Å². The third-order valence-electron chi connectivity index (χ3n) is 10.1. The number of carbonyl (C=O) groups is 3. The summed E-state index contributed by atoms with van der Waals surface area (Å²) in [5.74, 6) is -1.50. The van der Waals surface area contributed by atoms with Crippen LogP contribution in [-0.4, -0.2) is 55.5 Å². The van der Waals surface area contributed by atoms with Crippen LogP contribution in [0.15, 0.2) is 18.6 Å². The van der Waals surface area contributed by atoms with Gasteiger partial charge >= 0.3 is 12.1 Å². The predicted molar refractivity (Wildman–Crippen MR) is 151 cm³/mol. The molecule has 5 fully saturated rings. The van der Waals surface area contributed by atoms with Crippen LogP contribution >= 0.6 is 23.2 Å². The number of aromatic nitrogens is 3. The van der Waals surface area contributed by atoms with Crippen LogP contribution in [0.5, 0.6) is 0 Å². The highest BCUT2D eigenvalue weighted by Gasteiger charge is 2.52. The smallest absolute Gasteiger partial charge is 0.433 e. The van der Waals surface area contributed by atoms with Gasteiger partial charge in [0, 0.05) is 18.9 Å². The molecule has 2 aromatic rings. The Bertz CT molecular complexity index is 1380. The Hall–Kier alpha value is -2.66. The van der Waals surface area contributed by atoms with Gasteiger partial charge in [0.2, 0.25) is 0 Å². The molecule has 1 amide bonds. The van der Waals surface area contributed by atoms with E-state index in [0.717, 1.165) is 49.4 Å². The van der Waals surface area contributed by atoms with Crippen molar-refractivity contribution in [2.45, 2.75) is 76.4 Å². The number of hydrogen-bond donors (Lipinski definition) is 1. The van der Waals surface area contributed by atoms with Gasteiger partial charge in [-0.1, -0.05) is 23.2 Å². The van der Waals surface area contributed by atoms with Crippen molar-refractivity contribution in [3.05, 3.63) is 45.5 Å². The SMILES string of the molecule is O=C(CN(CC12CC3CC(CC(C3)C1)C2)C(=O)c1cnn(C2CCC(C(=O)O)CC2)c1C(F)(F)F)c1c(Cl)cncc1Cl. The largest absolute Gasteiger partial charge is 0.481 e. The Labute approximate surface area is 256 Å². The summed E-state index contributed by atoms with van der Waals surface area (Å²) in [5, 5.41) is 13.4. The van der Waals surface area contributed by atoms with E-state index in [4.69, 9.17) is 23.2 Å². The Morgan fingerprint density at radius 1 is 0.953 bits per heavy atom. The number of carboxylic acids is 1. The van der Waals surface area contributed by atoms with E-state index in [1.807, 2.05) is 0 Å². The molecule has 5 aliphatic carbocycles. The lowest BCUT2D eigenvalue weighted by atomic mass is 9.49. The molecule has 1 N–H and O–H groups in total. The summed E-state index contributed by atoms with van der Waals surface area (Å²) in [6.07, 6.45) is 5.47. The summed E-state index contributed by atoms with van der Waals surface area (Å²) in [6.45, 7) is -0.330. The van der Waals surface area contributed by atoms with Gasteiger partial charge in [-0.15, -0.1) is 0 Å². The number of hydrogen-bond acceptors (Lipinski definition) is 5. The first-order chi connectivity index (χ1) is 20.3. The second-order valence-corrected chi connectivity index (χ2v) is 14.0. The fraction of sp³-hybridized carbons (Fsp3) is 0.633. The molecule has 13 heteroatoms. The molecule has 0 unspecified atom stereocenters. The van der Waals surface area contributed by atoms with Crippen LogP contribution in [0, 0.1) is 29.1 Å². The number of rotatable bonds is 8. The predicted octanol–water partition coefficient (Wildman–Crippen LogP) is 6.96. The monoisotopic (exact) mass is 640 g/mol. The fourth-order valence-electron chi connectivity index (χ4n) is 8.83. The molecule has 2 heterocycles. The molecule has 43 heavy (non-hydrogen) atoms. The molecule has 5 aliphatic rings. The molecule has 5 saturated carbocycles. The highest BCUT2D eigenvalue weighted by molar-refractivity contribution is 6.39. The lowest BCUT2D eigenvalue weighted by Crippen LogP contribution is -2.53. The number of alkyl halides is 3. The van der Waals surface area contributed by atoms with E-state index in [1.165, 1.54) is 17.3 Å². The van der Waals surface area contributed by atoms with Crippen molar-refractivity contribution in [3.63, 3.8) is 0 Å².